The Hall–Kier alpha value is -2.78. The zero-order valence-corrected chi connectivity index (χ0v) is 18.9. The molecule has 0 unspecified atom stereocenters. The minimum absolute atomic E-state index is 0.299. The van der Waals surface area contributed by atoms with Crippen LogP contribution in [0, 0.1) is 0 Å². The van der Waals surface area contributed by atoms with Crippen LogP contribution in [0.4, 0.5) is 15.5 Å². The van der Waals surface area contributed by atoms with Crippen LogP contribution >= 0.6 is 11.3 Å². The maximum Gasteiger partial charge on any atom is 0.341 e. The second-order valence-corrected chi connectivity index (χ2v) is 8.03. The molecular formula is C22H30N4O4S. The average Bonchev–Trinajstić information content (AvgIpc) is 3.25. The van der Waals surface area contributed by atoms with E-state index in [0.717, 1.165) is 50.6 Å². The maximum absolute atomic E-state index is 12.2. The normalized spacial score (nSPS) is 14.2. The first-order chi connectivity index (χ1) is 15.1. The molecule has 1 aromatic carbocycles. The summed E-state index contributed by atoms with van der Waals surface area (Å²) in [5.74, 6) is 0.481. The smallest absolute Gasteiger partial charge is 0.341 e. The van der Waals surface area contributed by atoms with Crippen molar-refractivity contribution >= 4 is 34.0 Å². The van der Waals surface area contributed by atoms with Gasteiger partial charge in [-0.25, -0.2) is 9.59 Å². The van der Waals surface area contributed by atoms with Crippen molar-refractivity contribution in [3.63, 3.8) is 0 Å². The molecule has 0 bridgehead atoms. The van der Waals surface area contributed by atoms with Crippen molar-refractivity contribution < 1.29 is 19.1 Å². The molecule has 2 N–H and O–H groups in total. The second kappa shape index (κ2) is 11.6. The third-order valence-electron chi connectivity index (χ3n) is 5.12. The number of esters is 1. The van der Waals surface area contributed by atoms with Crippen molar-refractivity contribution in [3.05, 3.63) is 41.3 Å². The molecule has 3 rings (SSSR count). The van der Waals surface area contributed by atoms with Crippen LogP contribution < -0.4 is 20.3 Å². The SMILES string of the molecule is CCOC(=O)c1ccsc1NC(=O)NCCCN1CCN(c2ccccc2OC)CC1. The van der Waals surface area contributed by atoms with Crippen molar-refractivity contribution in [1.82, 2.24) is 10.2 Å². The van der Waals surface area contributed by atoms with E-state index < -0.39 is 5.97 Å². The molecule has 0 spiro atoms. The van der Waals surface area contributed by atoms with Gasteiger partial charge < -0.3 is 19.7 Å². The van der Waals surface area contributed by atoms with E-state index in [1.807, 2.05) is 18.2 Å². The standard InChI is InChI=1S/C22H30N4O4S/c1-3-30-21(27)17-9-16-31-20(17)24-22(28)23-10-6-11-25-12-14-26(15-13-25)18-7-4-5-8-19(18)29-2/h4-5,7-9,16H,3,6,10-15H2,1-2H3,(H2,23,24,28). The van der Waals surface area contributed by atoms with Gasteiger partial charge in [-0.2, -0.15) is 0 Å². The average molecular weight is 447 g/mol. The number of carbonyl (C=O) groups excluding carboxylic acids is 2. The molecule has 1 fully saturated rings. The Labute approximate surface area is 187 Å². The number of nitrogens with zero attached hydrogens (tertiary/aromatic N) is 2. The Balaban J connectivity index is 1.35. The van der Waals surface area contributed by atoms with Crippen LogP contribution in [0.25, 0.3) is 0 Å². The number of hydrogen-bond donors (Lipinski definition) is 2. The lowest BCUT2D eigenvalue weighted by Gasteiger charge is -2.36. The van der Waals surface area contributed by atoms with Crippen LogP contribution in [0.15, 0.2) is 35.7 Å². The maximum atomic E-state index is 12.2. The Morgan fingerprint density at radius 3 is 2.65 bits per heavy atom. The van der Waals surface area contributed by atoms with Crippen LogP contribution in [-0.2, 0) is 4.74 Å². The van der Waals surface area contributed by atoms with E-state index in [0.29, 0.717) is 23.7 Å². The highest BCUT2D eigenvalue weighted by molar-refractivity contribution is 7.14. The molecule has 2 heterocycles. The summed E-state index contributed by atoms with van der Waals surface area (Å²) in [7, 11) is 1.70. The monoisotopic (exact) mass is 446 g/mol. The van der Waals surface area contributed by atoms with Gasteiger partial charge in [0.25, 0.3) is 0 Å². The third kappa shape index (κ3) is 6.35. The third-order valence-corrected chi connectivity index (χ3v) is 5.95. The second-order valence-electron chi connectivity index (χ2n) is 7.12. The number of para-hydroxylation sites is 2. The molecule has 31 heavy (non-hydrogen) atoms. The van der Waals surface area contributed by atoms with E-state index in [2.05, 4.69) is 26.5 Å². The summed E-state index contributed by atoms with van der Waals surface area (Å²) in [5.41, 5.74) is 1.52. The minimum atomic E-state index is -0.425. The Morgan fingerprint density at radius 1 is 1.13 bits per heavy atom. The van der Waals surface area contributed by atoms with Gasteiger partial charge in [0.1, 0.15) is 10.8 Å². The van der Waals surface area contributed by atoms with Crippen LogP contribution in [0.5, 0.6) is 5.75 Å². The fourth-order valence-corrected chi connectivity index (χ4v) is 4.30. The largest absolute Gasteiger partial charge is 0.495 e. The number of ether oxygens (including phenoxy) is 2. The number of thiophene rings is 1. The molecule has 1 saturated heterocycles. The Kier molecular flexibility index (Phi) is 8.54. The minimum Gasteiger partial charge on any atom is -0.495 e. The van der Waals surface area contributed by atoms with Crippen LogP contribution in [0.1, 0.15) is 23.7 Å². The quantitative estimate of drug-likeness (QED) is 0.454. The van der Waals surface area contributed by atoms with Gasteiger partial charge in [-0.3, -0.25) is 10.2 Å². The molecule has 9 heteroatoms. The van der Waals surface area contributed by atoms with Crippen molar-refractivity contribution in [2.24, 2.45) is 0 Å². The van der Waals surface area contributed by atoms with Gasteiger partial charge in [-0.15, -0.1) is 11.3 Å². The number of anilines is 2. The molecule has 0 radical (unpaired) electrons. The molecular weight excluding hydrogens is 416 g/mol. The number of urea groups is 1. The van der Waals surface area contributed by atoms with Crippen molar-refractivity contribution in [2.75, 3.05) is 63.2 Å². The molecule has 1 aromatic heterocycles. The molecule has 2 aromatic rings. The first kappa shape index (κ1) is 22.9. The highest BCUT2D eigenvalue weighted by atomic mass is 32.1. The molecule has 0 atom stereocenters. The predicted molar refractivity (Wildman–Crippen MR) is 124 cm³/mol. The molecule has 168 valence electrons. The van der Waals surface area contributed by atoms with Crippen LogP contribution in [0.3, 0.4) is 0 Å². The topological polar surface area (TPSA) is 83.1 Å². The molecule has 0 aliphatic carbocycles. The fraction of sp³-hybridized carbons (Fsp3) is 0.455. The summed E-state index contributed by atoms with van der Waals surface area (Å²) >= 11 is 1.30. The first-order valence-corrected chi connectivity index (χ1v) is 11.4. The van der Waals surface area contributed by atoms with E-state index in [-0.39, 0.29) is 6.03 Å². The number of methoxy groups -OCH3 is 1. The lowest BCUT2D eigenvalue weighted by atomic mass is 10.2. The summed E-state index contributed by atoms with van der Waals surface area (Å²) in [6, 6.07) is 9.45. The van der Waals surface area contributed by atoms with Gasteiger partial charge in [-0.05, 0) is 43.5 Å². The molecule has 2 amide bonds. The number of benzene rings is 1. The summed E-state index contributed by atoms with van der Waals surface area (Å²) in [4.78, 5) is 28.8. The van der Waals surface area contributed by atoms with Gasteiger partial charge in [0, 0.05) is 32.7 Å². The number of rotatable bonds is 9. The van der Waals surface area contributed by atoms with Crippen molar-refractivity contribution in [1.29, 1.82) is 0 Å². The van der Waals surface area contributed by atoms with Gasteiger partial charge in [0.05, 0.1) is 25.0 Å². The van der Waals surface area contributed by atoms with Crippen LogP contribution in [0.2, 0.25) is 0 Å². The molecule has 0 saturated carbocycles. The Bertz CT molecular complexity index is 865. The highest BCUT2D eigenvalue weighted by Crippen LogP contribution is 2.28. The zero-order chi connectivity index (χ0) is 22.1. The van der Waals surface area contributed by atoms with E-state index >= 15 is 0 Å². The summed E-state index contributed by atoms with van der Waals surface area (Å²) in [6.07, 6.45) is 0.858. The summed E-state index contributed by atoms with van der Waals surface area (Å²) in [6.45, 7) is 7.39. The van der Waals surface area contributed by atoms with Gasteiger partial charge >= 0.3 is 12.0 Å². The lowest BCUT2D eigenvalue weighted by Crippen LogP contribution is -2.47. The Morgan fingerprint density at radius 2 is 1.90 bits per heavy atom. The number of carbonyl (C=O) groups is 2. The van der Waals surface area contributed by atoms with E-state index in [1.165, 1.54) is 11.3 Å². The fourth-order valence-electron chi connectivity index (χ4n) is 3.53. The van der Waals surface area contributed by atoms with Crippen LogP contribution in [-0.4, -0.2) is 69.9 Å². The first-order valence-electron chi connectivity index (χ1n) is 10.5. The zero-order valence-electron chi connectivity index (χ0n) is 18.1. The van der Waals surface area contributed by atoms with Gasteiger partial charge in [0.2, 0.25) is 0 Å². The molecule has 1 aliphatic rings. The number of amides is 2. The van der Waals surface area contributed by atoms with E-state index in [1.54, 1.807) is 25.5 Å². The highest BCUT2D eigenvalue weighted by Gasteiger charge is 2.19. The van der Waals surface area contributed by atoms with Crippen molar-refractivity contribution in [2.45, 2.75) is 13.3 Å². The lowest BCUT2D eigenvalue weighted by molar-refractivity contribution is 0.0528. The number of nitrogens with one attached hydrogen (secondary N) is 2. The van der Waals surface area contributed by atoms with Gasteiger partial charge in [-0.1, -0.05) is 12.1 Å². The molecule has 8 nitrogen and oxygen atoms in total. The van der Waals surface area contributed by atoms with E-state index in [4.69, 9.17) is 9.47 Å². The summed E-state index contributed by atoms with van der Waals surface area (Å²) < 4.78 is 10.5. The van der Waals surface area contributed by atoms with E-state index in [9.17, 15) is 9.59 Å². The van der Waals surface area contributed by atoms with Crippen molar-refractivity contribution in [3.8, 4) is 5.75 Å². The number of piperazine rings is 1. The summed E-state index contributed by atoms with van der Waals surface area (Å²) in [5, 5.41) is 7.86. The predicted octanol–water partition coefficient (Wildman–Crippen LogP) is 3.27. The van der Waals surface area contributed by atoms with Gasteiger partial charge in [0.15, 0.2) is 0 Å². The molecule has 1 aliphatic heterocycles. The number of hydrogen-bond acceptors (Lipinski definition) is 7.